The van der Waals surface area contributed by atoms with Crippen LogP contribution in [0.25, 0.3) is 10.9 Å². The van der Waals surface area contributed by atoms with Gasteiger partial charge < -0.3 is 10.3 Å². The van der Waals surface area contributed by atoms with Gasteiger partial charge in [0.05, 0.1) is 4.47 Å². The van der Waals surface area contributed by atoms with Crippen LogP contribution in [-0.2, 0) is 7.05 Å². The number of nitrogen functional groups attached to an aromatic ring is 1. The molecule has 1 heterocycles. The predicted octanol–water partition coefficient (Wildman–Crippen LogP) is 4.41. The molecule has 0 unspecified atom stereocenters. The van der Waals surface area contributed by atoms with E-state index >= 15 is 0 Å². The summed E-state index contributed by atoms with van der Waals surface area (Å²) < 4.78 is 2.52. The lowest BCUT2D eigenvalue weighted by molar-refractivity contribution is 0.103. The summed E-state index contributed by atoms with van der Waals surface area (Å²) in [5.74, 6) is -0.0675. The van der Waals surface area contributed by atoms with Gasteiger partial charge in [-0.2, -0.15) is 0 Å². The van der Waals surface area contributed by atoms with Gasteiger partial charge in [-0.15, -0.1) is 0 Å². The average molecular weight is 364 g/mol. The second kappa shape index (κ2) is 5.20. The van der Waals surface area contributed by atoms with Gasteiger partial charge >= 0.3 is 0 Å². The maximum absolute atomic E-state index is 12.8. The summed E-state index contributed by atoms with van der Waals surface area (Å²) >= 11 is 9.41. The number of carbonyl (C=O) groups excluding carboxylic acids is 1. The maximum Gasteiger partial charge on any atom is 0.196 e. The molecule has 0 saturated carbocycles. The third kappa shape index (κ3) is 2.34. The topological polar surface area (TPSA) is 48.0 Å². The molecule has 2 N–H and O–H groups in total. The van der Waals surface area contributed by atoms with Crippen LogP contribution in [0.4, 0.5) is 5.69 Å². The van der Waals surface area contributed by atoms with Crippen LogP contribution in [0.5, 0.6) is 0 Å². The van der Waals surface area contributed by atoms with Gasteiger partial charge in [-0.25, -0.2) is 0 Å². The van der Waals surface area contributed by atoms with E-state index in [0.717, 1.165) is 10.9 Å². The van der Waals surface area contributed by atoms with Gasteiger partial charge in [-0.1, -0.05) is 23.7 Å². The Bertz CT molecular complexity index is 870. The lowest BCUT2D eigenvalue weighted by atomic mass is 10.0. The Labute approximate surface area is 135 Å². The van der Waals surface area contributed by atoms with E-state index in [2.05, 4.69) is 15.9 Å². The molecule has 1 aromatic heterocycles. The average Bonchev–Trinajstić information content (AvgIpc) is 2.78. The standard InChI is InChI=1S/C16H12BrClN2O/c1-20-8-12(10-6-5-9(18)7-14(10)20)16(21)11-3-2-4-13(19)15(11)17/h2-8H,19H2,1H3. The number of aromatic nitrogens is 1. The minimum Gasteiger partial charge on any atom is -0.398 e. The first-order valence-corrected chi connectivity index (χ1v) is 7.49. The summed E-state index contributed by atoms with van der Waals surface area (Å²) in [7, 11) is 1.89. The summed E-state index contributed by atoms with van der Waals surface area (Å²) in [4.78, 5) is 12.8. The van der Waals surface area contributed by atoms with Crippen LogP contribution in [0.2, 0.25) is 5.02 Å². The fourth-order valence-corrected chi connectivity index (χ4v) is 3.02. The zero-order valence-electron chi connectivity index (χ0n) is 11.2. The lowest BCUT2D eigenvalue weighted by Gasteiger charge is -2.05. The number of nitrogens with two attached hydrogens (primary N) is 1. The molecule has 0 radical (unpaired) electrons. The first-order valence-electron chi connectivity index (χ1n) is 6.32. The number of halogens is 2. The third-order valence-electron chi connectivity index (χ3n) is 3.47. The Hall–Kier alpha value is -1.78. The van der Waals surface area contributed by atoms with E-state index < -0.39 is 0 Å². The van der Waals surface area contributed by atoms with Crippen molar-refractivity contribution >= 4 is 49.9 Å². The fourth-order valence-electron chi connectivity index (χ4n) is 2.41. The van der Waals surface area contributed by atoms with Crippen molar-refractivity contribution in [1.29, 1.82) is 0 Å². The fraction of sp³-hybridized carbons (Fsp3) is 0.0625. The van der Waals surface area contributed by atoms with E-state index in [1.54, 1.807) is 24.3 Å². The number of aryl methyl sites for hydroxylation is 1. The number of hydrogen-bond donors (Lipinski definition) is 1. The molecule has 106 valence electrons. The molecule has 3 nitrogen and oxygen atoms in total. The van der Waals surface area contributed by atoms with E-state index in [9.17, 15) is 4.79 Å². The molecule has 0 aliphatic rings. The maximum atomic E-state index is 12.8. The van der Waals surface area contributed by atoms with E-state index in [1.807, 2.05) is 29.9 Å². The minimum absolute atomic E-state index is 0.0675. The van der Waals surface area contributed by atoms with Crippen molar-refractivity contribution in [2.45, 2.75) is 0 Å². The highest BCUT2D eigenvalue weighted by atomic mass is 79.9. The van der Waals surface area contributed by atoms with Crippen LogP contribution in [0.15, 0.2) is 47.1 Å². The van der Waals surface area contributed by atoms with Gasteiger partial charge in [0.25, 0.3) is 0 Å². The van der Waals surface area contributed by atoms with Gasteiger partial charge in [0, 0.05) is 46.0 Å². The number of nitrogens with zero attached hydrogens (tertiary/aromatic N) is 1. The van der Waals surface area contributed by atoms with Crippen LogP contribution < -0.4 is 5.73 Å². The van der Waals surface area contributed by atoms with Gasteiger partial charge in [-0.3, -0.25) is 4.79 Å². The first kappa shape index (κ1) is 14.2. The number of carbonyl (C=O) groups is 1. The van der Waals surface area contributed by atoms with Crippen molar-refractivity contribution in [3.8, 4) is 0 Å². The molecule has 0 spiro atoms. The molecule has 0 bridgehead atoms. The molecular weight excluding hydrogens is 352 g/mol. The number of benzene rings is 2. The lowest BCUT2D eigenvalue weighted by Crippen LogP contribution is -2.03. The van der Waals surface area contributed by atoms with Crippen LogP contribution >= 0.6 is 27.5 Å². The molecule has 0 atom stereocenters. The van der Waals surface area contributed by atoms with Crippen molar-refractivity contribution in [2.24, 2.45) is 7.05 Å². The van der Waals surface area contributed by atoms with E-state index in [-0.39, 0.29) is 5.78 Å². The Balaban J connectivity index is 2.21. The molecule has 0 aliphatic carbocycles. The van der Waals surface area contributed by atoms with Crippen molar-refractivity contribution in [1.82, 2.24) is 4.57 Å². The highest BCUT2D eigenvalue weighted by molar-refractivity contribution is 9.10. The number of rotatable bonds is 2. The highest BCUT2D eigenvalue weighted by Gasteiger charge is 2.18. The minimum atomic E-state index is -0.0675. The van der Waals surface area contributed by atoms with Crippen molar-refractivity contribution in [2.75, 3.05) is 5.73 Å². The van der Waals surface area contributed by atoms with Crippen molar-refractivity contribution < 1.29 is 4.79 Å². The number of ketones is 1. The Morgan fingerprint density at radius 1 is 1.24 bits per heavy atom. The second-order valence-electron chi connectivity index (χ2n) is 4.85. The Morgan fingerprint density at radius 3 is 2.76 bits per heavy atom. The van der Waals surface area contributed by atoms with E-state index in [1.165, 1.54) is 0 Å². The zero-order valence-corrected chi connectivity index (χ0v) is 13.6. The summed E-state index contributed by atoms with van der Waals surface area (Å²) in [6.07, 6.45) is 1.82. The van der Waals surface area contributed by atoms with Crippen molar-refractivity contribution in [3.05, 3.63) is 63.2 Å². The summed E-state index contributed by atoms with van der Waals surface area (Å²) in [5.41, 5.74) is 8.51. The zero-order chi connectivity index (χ0) is 15.1. The first-order chi connectivity index (χ1) is 9.99. The third-order valence-corrected chi connectivity index (χ3v) is 4.59. The normalized spacial score (nSPS) is 11.0. The predicted molar refractivity (Wildman–Crippen MR) is 89.9 cm³/mol. The molecule has 2 aromatic carbocycles. The quantitative estimate of drug-likeness (QED) is 0.541. The Morgan fingerprint density at radius 2 is 2.00 bits per heavy atom. The van der Waals surface area contributed by atoms with Crippen LogP contribution in [0.1, 0.15) is 15.9 Å². The van der Waals surface area contributed by atoms with Crippen LogP contribution in [-0.4, -0.2) is 10.4 Å². The van der Waals surface area contributed by atoms with Gasteiger partial charge in [0.15, 0.2) is 5.78 Å². The molecule has 21 heavy (non-hydrogen) atoms. The van der Waals surface area contributed by atoms with Gasteiger partial charge in [0.1, 0.15) is 0 Å². The second-order valence-corrected chi connectivity index (χ2v) is 6.08. The number of hydrogen-bond acceptors (Lipinski definition) is 2. The van der Waals surface area contributed by atoms with Gasteiger partial charge in [-0.05, 0) is 40.2 Å². The highest BCUT2D eigenvalue weighted by Crippen LogP contribution is 2.30. The summed E-state index contributed by atoms with van der Waals surface area (Å²) in [6.45, 7) is 0. The number of fused-ring (bicyclic) bond motifs is 1. The summed E-state index contributed by atoms with van der Waals surface area (Å²) in [6, 6.07) is 10.8. The van der Waals surface area contributed by atoms with Crippen LogP contribution in [0, 0.1) is 0 Å². The summed E-state index contributed by atoms with van der Waals surface area (Å²) in [5, 5.41) is 1.52. The molecule has 0 saturated heterocycles. The monoisotopic (exact) mass is 362 g/mol. The van der Waals surface area contributed by atoms with Gasteiger partial charge in [0.2, 0.25) is 0 Å². The molecule has 0 amide bonds. The molecule has 0 aliphatic heterocycles. The molecule has 5 heteroatoms. The molecular formula is C16H12BrClN2O. The number of anilines is 1. The Kier molecular flexibility index (Phi) is 3.51. The SMILES string of the molecule is Cn1cc(C(=O)c2cccc(N)c2Br)c2ccc(Cl)cc21. The smallest absolute Gasteiger partial charge is 0.196 e. The van der Waals surface area contributed by atoms with Crippen LogP contribution in [0.3, 0.4) is 0 Å². The molecule has 3 aromatic rings. The molecule has 3 rings (SSSR count). The largest absolute Gasteiger partial charge is 0.398 e. The molecule has 0 fully saturated rings. The van der Waals surface area contributed by atoms with Crippen molar-refractivity contribution in [3.63, 3.8) is 0 Å². The van der Waals surface area contributed by atoms with E-state index in [4.69, 9.17) is 17.3 Å². The van der Waals surface area contributed by atoms with E-state index in [0.29, 0.717) is 26.3 Å².